The van der Waals surface area contributed by atoms with Gasteiger partial charge in [-0.2, -0.15) is 0 Å². The van der Waals surface area contributed by atoms with Crippen LogP contribution in [-0.4, -0.2) is 18.7 Å². The van der Waals surface area contributed by atoms with Crippen LogP contribution >= 0.6 is 0 Å². The SMILES string of the molecule is CC(NC(=O)CC(N)C1CC1)c1ccc2c(c1)OCO2. The van der Waals surface area contributed by atoms with E-state index in [9.17, 15) is 4.79 Å². The second-order valence-electron chi connectivity index (χ2n) is 5.61. The Bertz CT molecular complexity index is 514. The minimum Gasteiger partial charge on any atom is -0.454 e. The van der Waals surface area contributed by atoms with Crippen molar-refractivity contribution in [3.63, 3.8) is 0 Å². The molecule has 0 radical (unpaired) electrons. The summed E-state index contributed by atoms with van der Waals surface area (Å²) in [7, 11) is 0. The van der Waals surface area contributed by atoms with Crippen molar-refractivity contribution in [1.29, 1.82) is 0 Å². The molecule has 108 valence electrons. The second-order valence-corrected chi connectivity index (χ2v) is 5.61. The Morgan fingerprint density at radius 2 is 2.15 bits per heavy atom. The first kappa shape index (κ1) is 13.2. The summed E-state index contributed by atoms with van der Waals surface area (Å²) in [5, 5.41) is 2.99. The van der Waals surface area contributed by atoms with Crippen molar-refractivity contribution in [3.8, 4) is 11.5 Å². The molecule has 1 aromatic rings. The molecule has 1 fully saturated rings. The van der Waals surface area contributed by atoms with Crippen LogP contribution < -0.4 is 20.5 Å². The Balaban J connectivity index is 1.58. The van der Waals surface area contributed by atoms with Crippen LogP contribution in [0, 0.1) is 5.92 Å². The van der Waals surface area contributed by atoms with Gasteiger partial charge in [0.15, 0.2) is 11.5 Å². The van der Waals surface area contributed by atoms with E-state index in [-0.39, 0.29) is 24.8 Å². The Hall–Kier alpha value is -1.75. The normalized spacial score (nSPS) is 19.5. The lowest BCUT2D eigenvalue weighted by atomic mass is 10.1. The maximum Gasteiger partial charge on any atom is 0.231 e. The molecule has 0 saturated heterocycles. The number of nitrogens with two attached hydrogens (primary N) is 1. The van der Waals surface area contributed by atoms with Gasteiger partial charge in [-0.1, -0.05) is 6.07 Å². The van der Waals surface area contributed by atoms with Gasteiger partial charge in [-0.3, -0.25) is 4.79 Å². The third-order valence-corrected chi connectivity index (χ3v) is 3.92. The molecule has 3 N–H and O–H groups in total. The van der Waals surface area contributed by atoms with E-state index in [2.05, 4.69) is 5.32 Å². The van der Waals surface area contributed by atoms with Crippen molar-refractivity contribution in [2.45, 2.75) is 38.3 Å². The maximum atomic E-state index is 12.0. The third kappa shape index (κ3) is 2.88. The van der Waals surface area contributed by atoms with Gasteiger partial charge in [0.2, 0.25) is 12.7 Å². The molecule has 5 heteroatoms. The zero-order valence-corrected chi connectivity index (χ0v) is 11.6. The first-order chi connectivity index (χ1) is 9.63. The molecule has 1 amide bonds. The lowest BCUT2D eigenvalue weighted by Gasteiger charge is -2.16. The molecule has 2 unspecified atom stereocenters. The van der Waals surface area contributed by atoms with Crippen LogP contribution in [0.4, 0.5) is 0 Å². The van der Waals surface area contributed by atoms with Gasteiger partial charge in [0.25, 0.3) is 0 Å². The van der Waals surface area contributed by atoms with Crippen molar-refractivity contribution in [1.82, 2.24) is 5.32 Å². The molecule has 5 nitrogen and oxygen atoms in total. The van der Waals surface area contributed by atoms with Crippen LogP contribution in [0.25, 0.3) is 0 Å². The van der Waals surface area contributed by atoms with Crippen molar-refractivity contribution in [3.05, 3.63) is 23.8 Å². The second kappa shape index (κ2) is 5.32. The minimum absolute atomic E-state index is 0.000969. The van der Waals surface area contributed by atoms with E-state index in [1.807, 2.05) is 25.1 Å². The molecule has 1 saturated carbocycles. The van der Waals surface area contributed by atoms with Gasteiger partial charge < -0.3 is 20.5 Å². The maximum absolute atomic E-state index is 12.0. The smallest absolute Gasteiger partial charge is 0.231 e. The van der Waals surface area contributed by atoms with Gasteiger partial charge in [-0.15, -0.1) is 0 Å². The number of hydrogen-bond donors (Lipinski definition) is 2. The zero-order chi connectivity index (χ0) is 14.1. The fourth-order valence-electron chi connectivity index (χ4n) is 2.47. The van der Waals surface area contributed by atoms with E-state index < -0.39 is 0 Å². The molecule has 0 bridgehead atoms. The predicted octanol–water partition coefficient (Wildman–Crippen LogP) is 1.72. The number of nitrogens with one attached hydrogen (secondary N) is 1. The monoisotopic (exact) mass is 276 g/mol. The minimum atomic E-state index is -0.0663. The van der Waals surface area contributed by atoms with Gasteiger partial charge in [-0.25, -0.2) is 0 Å². The average Bonchev–Trinajstić information content (AvgIpc) is 3.16. The highest BCUT2D eigenvalue weighted by Gasteiger charge is 2.30. The van der Waals surface area contributed by atoms with Gasteiger partial charge in [0.05, 0.1) is 6.04 Å². The van der Waals surface area contributed by atoms with Crippen molar-refractivity contribution >= 4 is 5.91 Å². The zero-order valence-electron chi connectivity index (χ0n) is 11.6. The number of hydrogen-bond acceptors (Lipinski definition) is 4. The molecule has 1 aromatic carbocycles. The number of rotatable bonds is 5. The van der Waals surface area contributed by atoms with Crippen LogP contribution in [0.1, 0.15) is 37.8 Å². The number of carbonyl (C=O) groups excluding carboxylic acids is 1. The summed E-state index contributed by atoms with van der Waals surface area (Å²) < 4.78 is 10.6. The van der Waals surface area contributed by atoms with E-state index in [0.717, 1.165) is 29.9 Å². The molecule has 1 heterocycles. The predicted molar refractivity (Wildman–Crippen MR) is 74.4 cm³/mol. The van der Waals surface area contributed by atoms with Crippen LogP contribution in [0.5, 0.6) is 11.5 Å². The average molecular weight is 276 g/mol. The van der Waals surface area contributed by atoms with Crippen molar-refractivity contribution in [2.24, 2.45) is 11.7 Å². The van der Waals surface area contributed by atoms with E-state index in [1.54, 1.807) is 0 Å². The highest BCUT2D eigenvalue weighted by atomic mass is 16.7. The van der Waals surface area contributed by atoms with Crippen LogP contribution in [-0.2, 0) is 4.79 Å². The third-order valence-electron chi connectivity index (χ3n) is 3.92. The lowest BCUT2D eigenvalue weighted by Crippen LogP contribution is -2.34. The fourth-order valence-corrected chi connectivity index (χ4v) is 2.47. The van der Waals surface area contributed by atoms with E-state index in [1.165, 1.54) is 0 Å². The summed E-state index contributed by atoms with van der Waals surface area (Å²) in [5.41, 5.74) is 6.97. The molecule has 2 aliphatic rings. The Morgan fingerprint density at radius 3 is 2.90 bits per heavy atom. The van der Waals surface area contributed by atoms with Gasteiger partial charge >= 0.3 is 0 Å². The standard InChI is InChI=1S/C15H20N2O3/c1-9(17-15(18)7-12(16)10-2-3-10)11-4-5-13-14(6-11)20-8-19-13/h4-6,9-10,12H,2-3,7-8,16H2,1H3,(H,17,18). The molecule has 1 aliphatic heterocycles. The van der Waals surface area contributed by atoms with Crippen molar-refractivity contribution in [2.75, 3.05) is 6.79 Å². The van der Waals surface area contributed by atoms with Crippen LogP contribution in [0.2, 0.25) is 0 Å². The lowest BCUT2D eigenvalue weighted by molar-refractivity contribution is -0.122. The Labute approximate surface area is 118 Å². The number of carbonyl (C=O) groups is 1. The molecule has 1 aliphatic carbocycles. The topological polar surface area (TPSA) is 73.6 Å². The number of ether oxygens (including phenoxy) is 2. The summed E-state index contributed by atoms with van der Waals surface area (Å²) in [5.74, 6) is 2.04. The summed E-state index contributed by atoms with van der Waals surface area (Å²) in [4.78, 5) is 12.0. The summed E-state index contributed by atoms with van der Waals surface area (Å²) in [6.45, 7) is 2.22. The molecular formula is C15H20N2O3. The van der Waals surface area contributed by atoms with Crippen molar-refractivity contribution < 1.29 is 14.3 Å². The molecule has 3 rings (SSSR count). The summed E-state index contributed by atoms with van der Waals surface area (Å²) in [6.07, 6.45) is 2.72. The summed E-state index contributed by atoms with van der Waals surface area (Å²) in [6, 6.07) is 5.66. The highest BCUT2D eigenvalue weighted by molar-refractivity contribution is 5.77. The molecule has 2 atom stereocenters. The molecule has 20 heavy (non-hydrogen) atoms. The largest absolute Gasteiger partial charge is 0.454 e. The molecule has 0 spiro atoms. The first-order valence-corrected chi connectivity index (χ1v) is 7.08. The first-order valence-electron chi connectivity index (χ1n) is 7.08. The Morgan fingerprint density at radius 1 is 1.40 bits per heavy atom. The van der Waals surface area contributed by atoms with Crippen LogP contribution in [0.15, 0.2) is 18.2 Å². The highest BCUT2D eigenvalue weighted by Crippen LogP contribution is 2.34. The number of amides is 1. The van der Waals surface area contributed by atoms with Crippen LogP contribution in [0.3, 0.4) is 0 Å². The van der Waals surface area contributed by atoms with Gasteiger partial charge in [-0.05, 0) is 43.4 Å². The quantitative estimate of drug-likeness (QED) is 0.858. The van der Waals surface area contributed by atoms with E-state index in [4.69, 9.17) is 15.2 Å². The fraction of sp³-hybridized carbons (Fsp3) is 0.533. The van der Waals surface area contributed by atoms with Gasteiger partial charge in [0, 0.05) is 12.5 Å². The molecule has 0 aromatic heterocycles. The summed E-state index contributed by atoms with van der Waals surface area (Å²) >= 11 is 0. The van der Waals surface area contributed by atoms with E-state index in [0.29, 0.717) is 12.3 Å². The van der Waals surface area contributed by atoms with E-state index >= 15 is 0 Å². The molecular weight excluding hydrogens is 256 g/mol. The van der Waals surface area contributed by atoms with Gasteiger partial charge in [0.1, 0.15) is 0 Å². The number of benzene rings is 1. The Kier molecular flexibility index (Phi) is 3.53. The number of fused-ring (bicyclic) bond motifs is 1.